The molecule has 33 heavy (non-hydrogen) atoms. The van der Waals surface area contributed by atoms with Gasteiger partial charge in [-0.25, -0.2) is 0 Å². The van der Waals surface area contributed by atoms with Crippen LogP contribution >= 0.6 is 0 Å². The Morgan fingerprint density at radius 1 is 1.06 bits per heavy atom. The summed E-state index contributed by atoms with van der Waals surface area (Å²) in [6.45, 7) is 4.70. The molecule has 2 N–H and O–H groups in total. The number of carbonyl (C=O) groups is 3. The van der Waals surface area contributed by atoms with Crippen LogP contribution in [0.3, 0.4) is 0 Å². The fraction of sp³-hybridized carbons (Fsp3) is 0.640. The zero-order valence-electron chi connectivity index (χ0n) is 20.0. The van der Waals surface area contributed by atoms with Crippen molar-refractivity contribution < 1.29 is 23.9 Å². The molecule has 1 saturated heterocycles. The highest BCUT2D eigenvalue weighted by Gasteiger charge is 2.37. The monoisotopic (exact) mass is 459 g/mol. The Kier molecular flexibility index (Phi) is 9.11. The zero-order chi connectivity index (χ0) is 23.8. The van der Waals surface area contributed by atoms with Crippen molar-refractivity contribution in [3.63, 3.8) is 0 Å². The van der Waals surface area contributed by atoms with Gasteiger partial charge in [0.25, 0.3) is 0 Å². The van der Waals surface area contributed by atoms with Crippen LogP contribution in [-0.4, -0.2) is 61.1 Å². The maximum absolute atomic E-state index is 13.4. The number of methoxy groups -OCH3 is 1. The Labute approximate surface area is 196 Å². The summed E-state index contributed by atoms with van der Waals surface area (Å²) in [6.07, 6.45) is 6.85. The number of hydrogen-bond acceptors (Lipinski definition) is 5. The van der Waals surface area contributed by atoms with E-state index in [1.807, 2.05) is 13.8 Å². The number of nitrogens with zero attached hydrogens (tertiary/aromatic N) is 1. The molecule has 1 aromatic carbocycles. The fourth-order valence-electron chi connectivity index (χ4n) is 4.60. The highest BCUT2D eigenvalue weighted by atomic mass is 16.5. The molecule has 0 radical (unpaired) electrons. The van der Waals surface area contributed by atoms with Crippen LogP contribution in [0.4, 0.5) is 0 Å². The minimum atomic E-state index is -0.943. The Hall–Kier alpha value is -2.61. The molecule has 0 unspecified atom stereocenters. The molecule has 3 amide bonds. The molecule has 1 aliphatic heterocycles. The van der Waals surface area contributed by atoms with Crippen molar-refractivity contribution in [1.82, 2.24) is 15.5 Å². The molecule has 8 heteroatoms. The lowest BCUT2D eigenvalue weighted by atomic mass is 9.95. The van der Waals surface area contributed by atoms with E-state index in [1.54, 1.807) is 31.4 Å². The summed E-state index contributed by atoms with van der Waals surface area (Å²) < 4.78 is 10.9. The van der Waals surface area contributed by atoms with E-state index in [-0.39, 0.29) is 24.1 Å². The van der Waals surface area contributed by atoms with Crippen molar-refractivity contribution in [2.45, 2.75) is 83.0 Å². The summed E-state index contributed by atoms with van der Waals surface area (Å²) in [7, 11) is 1.57. The summed E-state index contributed by atoms with van der Waals surface area (Å²) in [5.41, 5.74) is 0.619. The third kappa shape index (κ3) is 6.69. The summed E-state index contributed by atoms with van der Waals surface area (Å²) in [5, 5.41) is 5.83. The average molecular weight is 460 g/mol. The molecular weight excluding hydrogens is 422 g/mol. The van der Waals surface area contributed by atoms with Crippen molar-refractivity contribution in [1.29, 1.82) is 0 Å². The van der Waals surface area contributed by atoms with Crippen molar-refractivity contribution in [2.24, 2.45) is 0 Å². The fourth-order valence-corrected chi connectivity index (χ4v) is 4.60. The second-order valence-electron chi connectivity index (χ2n) is 9.17. The minimum absolute atomic E-state index is 0.0111. The molecule has 0 aromatic heterocycles. The van der Waals surface area contributed by atoms with E-state index >= 15 is 0 Å². The second kappa shape index (κ2) is 12.0. The number of carbonyl (C=O) groups excluding carboxylic acids is 3. The molecule has 182 valence electrons. The quantitative estimate of drug-likeness (QED) is 0.583. The van der Waals surface area contributed by atoms with Gasteiger partial charge in [0.1, 0.15) is 11.8 Å². The molecule has 2 fully saturated rings. The Morgan fingerprint density at radius 3 is 2.33 bits per heavy atom. The van der Waals surface area contributed by atoms with E-state index in [2.05, 4.69) is 10.6 Å². The standard InChI is InChI=1S/C25H37N3O5/c1-17(2)28(25(31)24(30)27-19-8-5-4-6-9-19)22(18-11-13-20(32-3)14-12-18)23(29)26-16-21-10-7-15-33-21/h11-14,17,19,21-22H,4-10,15-16H2,1-3H3,(H,26,29)(H,27,30)/t21-,22+/m1/s1. The number of ether oxygens (including phenoxy) is 2. The Bertz CT molecular complexity index is 799. The minimum Gasteiger partial charge on any atom is -0.497 e. The first kappa shape index (κ1) is 25.0. The Morgan fingerprint density at radius 2 is 1.76 bits per heavy atom. The van der Waals surface area contributed by atoms with E-state index in [9.17, 15) is 14.4 Å². The van der Waals surface area contributed by atoms with Crippen LogP contribution in [0.15, 0.2) is 24.3 Å². The second-order valence-corrected chi connectivity index (χ2v) is 9.17. The van der Waals surface area contributed by atoms with Gasteiger partial charge in [-0.3, -0.25) is 14.4 Å². The van der Waals surface area contributed by atoms with Gasteiger partial charge < -0.3 is 25.0 Å². The van der Waals surface area contributed by atoms with Crippen molar-refractivity contribution >= 4 is 17.7 Å². The maximum atomic E-state index is 13.4. The largest absolute Gasteiger partial charge is 0.497 e. The average Bonchev–Trinajstić information content (AvgIpc) is 3.35. The maximum Gasteiger partial charge on any atom is 0.313 e. The number of rotatable bonds is 8. The van der Waals surface area contributed by atoms with Gasteiger partial charge in [-0.2, -0.15) is 0 Å². The molecule has 8 nitrogen and oxygen atoms in total. The van der Waals surface area contributed by atoms with Gasteiger partial charge >= 0.3 is 11.8 Å². The molecule has 2 atom stereocenters. The van der Waals surface area contributed by atoms with E-state index in [4.69, 9.17) is 9.47 Å². The Balaban J connectivity index is 1.82. The highest BCUT2D eigenvalue weighted by Crippen LogP contribution is 2.27. The number of nitrogens with one attached hydrogen (secondary N) is 2. The first-order valence-electron chi connectivity index (χ1n) is 12.1. The summed E-state index contributed by atoms with van der Waals surface area (Å²) >= 11 is 0. The smallest absolute Gasteiger partial charge is 0.313 e. The molecule has 1 aliphatic carbocycles. The highest BCUT2D eigenvalue weighted by molar-refractivity contribution is 6.35. The lowest BCUT2D eigenvalue weighted by Crippen LogP contribution is -2.53. The van der Waals surface area contributed by atoms with E-state index in [0.29, 0.717) is 24.5 Å². The third-order valence-electron chi connectivity index (χ3n) is 6.41. The van der Waals surface area contributed by atoms with E-state index in [0.717, 1.165) is 44.9 Å². The molecule has 1 heterocycles. The zero-order valence-corrected chi connectivity index (χ0v) is 20.0. The molecule has 2 aliphatic rings. The van der Waals surface area contributed by atoms with Crippen LogP contribution in [0.1, 0.15) is 70.4 Å². The predicted molar refractivity (Wildman–Crippen MR) is 125 cm³/mol. The molecule has 1 aromatic rings. The van der Waals surface area contributed by atoms with E-state index in [1.165, 1.54) is 4.90 Å². The van der Waals surface area contributed by atoms with Crippen molar-refractivity contribution in [3.05, 3.63) is 29.8 Å². The first-order chi connectivity index (χ1) is 15.9. The van der Waals surface area contributed by atoms with Crippen LogP contribution in [0.25, 0.3) is 0 Å². The molecular formula is C25H37N3O5. The third-order valence-corrected chi connectivity index (χ3v) is 6.41. The molecule has 3 rings (SSSR count). The summed E-state index contributed by atoms with van der Waals surface area (Å²) in [4.78, 5) is 41.0. The van der Waals surface area contributed by atoms with Crippen LogP contribution in [0.2, 0.25) is 0 Å². The first-order valence-corrected chi connectivity index (χ1v) is 12.1. The number of amides is 3. The topological polar surface area (TPSA) is 97.0 Å². The van der Waals surface area contributed by atoms with Crippen LogP contribution in [-0.2, 0) is 19.1 Å². The van der Waals surface area contributed by atoms with Crippen LogP contribution in [0.5, 0.6) is 5.75 Å². The number of hydrogen-bond donors (Lipinski definition) is 2. The van der Waals surface area contributed by atoms with E-state index < -0.39 is 17.9 Å². The van der Waals surface area contributed by atoms with Gasteiger partial charge in [0.05, 0.1) is 13.2 Å². The molecule has 0 bridgehead atoms. The van der Waals surface area contributed by atoms with Crippen LogP contribution in [0, 0.1) is 0 Å². The summed E-state index contributed by atoms with van der Waals surface area (Å²) in [5.74, 6) is -1.03. The predicted octanol–water partition coefficient (Wildman–Crippen LogP) is 2.72. The molecule has 1 saturated carbocycles. The van der Waals surface area contributed by atoms with Gasteiger partial charge in [0.2, 0.25) is 5.91 Å². The van der Waals surface area contributed by atoms with Gasteiger partial charge in [0, 0.05) is 25.2 Å². The van der Waals surface area contributed by atoms with Crippen molar-refractivity contribution in [3.8, 4) is 5.75 Å². The van der Waals surface area contributed by atoms with Gasteiger partial charge in [-0.15, -0.1) is 0 Å². The SMILES string of the molecule is COc1ccc([C@@H](C(=O)NC[C@H]2CCCO2)N(C(=O)C(=O)NC2CCCCC2)C(C)C)cc1. The summed E-state index contributed by atoms with van der Waals surface area (Å²) in [6, 6.07) is 5.73. The van der Waals surface area contributed by atoms with Gasteiger partial charge in [0.15, 0.2) is 0 Å². The molecule has 0 spiro atoms. The lowest BCUT2D eigenvalue weighted by Gasteiger charge is -2.35. The van der Waals surface area contributed by atoms with Crippen molar-refractivity contribution in [2.75, 3.05) is 20.3 Å². The normalized spacial score (nSPS) is 19.7. The van der Waals surface area contributed by atoms with Crippen LogP contribution < -0.4 is 15.4 Å². The lowest BCUT2D eigenvalue weighted by molar-refractivity contribution is -0.152. The van der Waals surface area contributed by atoms with Gasteiger partial charge in [-0.1, -0.05) is 31.4 Å². The number of benzene rings is 1. The van der Waals surface area contributed by atoms with Gasteiger partial charge in [-0.05, 0) is 57.2 Å².